The molecule has 5 N–H and O–H groups in total. The molecule has 0 atom stereocenters. The largest absolute Gasteiger partial charge is 0.399 e. The first-order chi connectivity index (χ1) is 8.08. The van der Waals surface area contributed by atoms with Gasteiger partial charge in [0.25, 0.3) is 0 Å². The molecule has 0 radical (unpaired) electrons. The number of nitrogen functional groups attached to an aromatic ring is 2. The highest BCUT2D eigenvalue weighted by Gasteiger charge is 2.09. The summed E-state index contributed by atoms with van der Waals surface area (Å²) in [5.74, 6) is -0.374. The molecule has 0 unspecified atom stereocenters. The van der Waals surface area contributed by atoms with Crippen LogP contribution in [-0.4, -0.2) is 5.71 Å². The van der Waals surface area contributed by atoms with Crippen molar-refractivity contribution in [2.75, 3.05) is 11.5 Å². The van der Waals surface area contributed by atoms with Gasteiger partial charge in [-0.2, -0.15) is 0 Å². The van der Waals surface area contributed by atoms with E-state index in [0.717, 1.165) is 0 Å². The van der Waals surface area contributed by atoms with Gasteiger partial charge in [-0.1, -0.05) is 12.1 Å². The summed E-state index contributed by atoms with van der Waals surface area (Å²) < 4.78 is 13.1. The molecule has 0 bridgehead atoms. The Labute approximate surface area is 98.4 Å². The van der Waals surface area contributed by atoms with Crippen LogP contribution in [0.5, 0.6) is 0 Å². The number of rotatable bonds is 2. The monoisotopic (exact) mass is 229 g/mol. The number of hydrogen-bond donors (Lipinski definition) is 3. The molecule has 0 fully saturated rings. The summed E-state index contributed by atoms with van der Waals surface area (Å²) in [5.41, 5.74) is 13.5. The average Bonchev–Trinajstić information content (AvgIpc) is 2.28. The molecule has 0 aromatic heterocycles. The molecule has 0 aliphatic heterocycles. The van der Waals surface area contributed by atoms with Gasteiger partial charge in [0.15, 0.2) is 0 Å². The summed E-state index contributed by atoms with van der Waals surface area (Å²) in [6.07, 6.45) is 0. The highest BCUT2D eigenvalue weighted by molar-refractivity contribution is 6.14. The molecule has 0 saturated carbocycles. The number of halogens is 1. The third-order valence-electron chi connectivity index (χ3n) is 2.46. The maximum Gasteiger partial charge on any atom is 0.123 e. The zero-order valence-corrected chi connectivity index (χ0v) is 9.07. The van der Waals surface area contributed by atoms with Crippen LogP contribution in [0, 0.1) is 11.2 Å². The SMILES string of the molecule is N=C(c1cccc(F)c1)c1ccc(N)cc1N. The van der Waals surface area contributed by atoms with Crippen LogP contribution in [0.3, 0.4) is 0 Å². The van der Waals surface area contributed by atoms with Crippen molar-refractivity contribution in [2.45, 2.75) is 0 Å². The second-order valence-electron chi connectivity index (χ2n) is 3.73. The van der Waals surface area contributed by atoms with Crippen molar-refractivity contribution in [1.82, 2.24) is 0 Å². The zero-order chi connectivity index (χ0) is 12.4. The Hall–Kier alpha value is -2.36. The van der Waals surface area contributed by atoms with Gasteiger partial charge in [-0.15, -0.1) is 0 Å². The van der Waals surface area contributed by atoms with E-state index in [1.165, 1.54) is 12.1 Å². The van der Waals surface area contributed by atoms with Crippen molar-refractivity contribution < 1.29 is 4.39 Å². The van der Waals surface area contributed by atoms with Crippen LogP contribution >= 0.6 is 0 Å². The Morgan fingerprint density at radius 2 is 1.82 bits per heavy atom. The Kier molecular flexibility index (Phi) is 2.78. The fraction of sp³-hybridized carbons (Fsp3) is 0. The van der Waals surface area contributed by atoms with Crippen molar-refractivity contribution in [2.24, 2.45) is 0 Å². The molecule has 4 heteroatoms. The van der Waals surface area contributed by atoms with E-state index in [1.807, 2.05) is 0 Å². The van der Waals surface area contributed by atoms with Crippen LogP contribution in [-0.2, 0) is 0 Å². The van der Waals surface area contributed by atoms with Gasteiger partial charge in [0.05, 0.1) is 5.71 Å². The van der Waals surface area contributed by atoms with Gasteiger partial charge < -0.3 is 11.5 Å². The van der Waals surface area contributed by atoms with Crippen LogP contribution in [0.2, 0.25) is 0 Å². The Balaban J connectivity index is 2.44. The minimum absolute atomic E-state index is 0.182. The Bertz CT molecular complexity index is 579. The second kappa shape index (κ2) is 4.25. The van der Waals surface area contributed by atoms with Crippen LogP contribution in [0.15, 0.2) is 42.5 Å². The Morgan fingerprint density at radius 1 is 1.06 bits per heavy atom. The average molecular weight is 229 g/mol. The van der Waals surface area contributed by atoms with Crippen molar-refractivity contribution in [3.05, 3.63) is 59.4 Å². The van der Waals surface area contributed by atoms with Gasteiger partial charge >= 0.3 is 0 Å². The summed E-state index contributed by atoms with van der Waals surface area (Å²) in [4.78, 5) is 0. The lowest BCUT2D eigenvalue weighted by molar-refractivity contribution is 0.627. The number of nitrogens with one attached hydrogen (secondary N) is 1. The fourth-order valence-corrected chi connectivity index (χ4v) is 1.61. The van der Waals surface area contributed by atoms with Crippen molar-refractivity contribution in [3.63, 3.8) is 0 Å². The topological polar surface area (TPSA) is 75.9 Å². The van der Waals surface area contributed by atoms with Gasteiger partial charge in [-0.25, -0.2) is 4.39 Å². The standard InChI is InChI=1S/C13H12FN3/c14-9-3-1-2-8(6-9)13(17)11-5-4-10(15)7-12(11)16/h1-7,17H,15-16H2. The summed E-state index contributed by atoms with van der Waals surface area (Å²) in [5, 5.41) is 7.99. The zero-order valence-electron chi connectivity index (χ0n) is 9.07. The lowest BCUT2D eigenvalue weighted by atomic mass is 10.0. The molecule has 0 spiro atoms. The summed E-state index contributed by atoms with van der Waals surface area (Å²) >= 11 is 0. The van der Waals surface area contributed by atoms with E-state index in [0.29, 0.717) is 22.5 Å². The van der Waals surface area contributed by atoms with Crippen LogP contribution < -0.4 is 11.5 Å². The van der Waals surface area contributed by atoms with E-state index >= 15 is 0 Å². The summed E-state index contributed by atoms with van der Waals surface area (Å²) in [6, 6.07) is 10.8. The van der Waals surface area contributed by atoms with Crippen molar-refractivity contribution in [3.8, 4) is 0 Å². The molecule has 2 rings (SSSR count). The fourth-order valence-electron chi connectivity index (χ4n) is 1.61. The summed E-state index contributed by atoms with van der Waals surface area (Å²) in [7, 11) is 0. The third kappa shape index (κ3) is 2.25. The predicted molar refractivity (Wildman–Crippen MR) is 67.6 cm³/mol. The van der Waals surface area contributed by atoms with Crippen molar-refractivity contribution >= 4 is 17.1 Å². The number of hydrogen-bond acceptors (Lipinski definition) is 3. The minimum Gasteiger partial charge on any atom is -0.399 e. The van der Waals surface area contributed by atoms with Gasteiger partial charge in [0.2, 0.25) is 0 Å². The third-order valence-corrected chi connectivity index (χ3v) is 2.46. The first kappa shape index (κ1) is 11.1. The molecule has 0 heterocycles. The molecule has 0 saturated heterocycles. The lowest BCUT2D eigenvalue weighted by Crippen LogP contribution is -2.06. The predicted octanol–water partition coefficient (Wildman–Crippen LogP) is 2.41. The van der Waals surface area contributed by atoms with E-state index in [2.05, 4.69) is 0 Å². The van der Waals surface area contributed by atoms with Gasteiger partial charge in [0.1, 0.15) is 5.82 Å². The molecule has 2 aromatic rings. The smallest absolute Gasteiger partial charge is 0.123 e. The maximum atomic E-state index is 13.1. The van der Waals surface area contributed by atoms with Crippen LogP contribution in [0.1, 0.15) is 11.1 Å². The maximum absolute atomic E-state index is 13.1. The van der Waals surface area contributed by atoms with Gasteiger partial charge in [-0.05, 0) is 30.3 Å². The molecule has 0 aliphatic rings. The molecular weight excluding hydrogens is 217 g/mol. The lowest BCUT2D eigenvalue weighted by Gasteiger charge is -2.08. The Morgan fingerprint density at radius 3 is 2.47 bits per heavy atom. The van der Waals surface area contributed by atoms with E-state index in [4.69, 9.17) is 16.9 Å². The molecule has 3 nitrogen and oxygen atoms in total. The van der Waals surface area contributed by atoms with Gasteiger partial charge in [-0.3, -0.25) is 5.41 Å². The number of benzene rings is 2. The minimum atomic E-state index is -0.374. The highest BCUT2D eigenvalue weighted by atomic mass is 19.1. The van der Waals surface area contributed by atoms with E-state index in [9.17, 15) is 4.39 Å². The van der Waals surface area contributed by atoms with Crippen LogP contribution in [0.4, 0.5) is 15.8 Å². The van der Waals surface area contributed by atoms with Gasteiger partial charge in [0, 0.05) is 22.5 Å². The van der Waals surface area contributed by atoms with E-state index in [-0.39, 0.29) is 11.5 Å². The second-order valence-corrected chi connectivity index (χ2v) is 3.73. The molecule has 2 aromatic carbocycles. The molecular formula is C13H12FN3. The summed E-state index contributed by atoms with van der Waals surface area (Å²) in [6.45, 7) is 0. The highest BCUT2D eigenvalue weighted by Crippen LogP contribution is 2.19. The van der Waals surface area contributed by atoms with Crippen LogP contribution in [0.25, 0.3) is 0 Å². The van der Waals surface area contributed by atoms with E-state index < -0.39 is 0 Å². The first-order valence-corrected chi connectivity index (χ1v) is 5.08. The first-order valence-electron chi connectivity index (χ1n) is 5.08. The molecule has 17 heavy (non-hydrogen) atoms. The number of anilines is 2. The van der Waals surface area contributed by atoms with E-state index in [1.54, 1.807) is 30.3 Å². The number of nitrogens with two attached hydrogens (primary N) is 2. The quantitative estimate of drug-likeness (QED) is 0.546. The molecule has 0 amide bonds. The van der Waals surface area contributed by atoms with Crippen molar-refractivity contribution in [1.29, 1.82) is 5.41 Å². The molecule has 0 aliphatic carbocycles. The molecule has 86 valence electrons. The normalized spacial score (nSPS) is 10.2.